The fourth-order valence-corrected chi connectivity index (χ4v) is 4.07. The Morgan fingerprint density at radius 2 is 1.92 bits per heavy atom. The molecule has 0 spiro atoms. The van der Waals surface area contributed by atoms with Gasteiger partial charge in [-0.05, 0) is 68.1 Å². The van der Waals surface area contributed by atoms with Crippen molar-refractivity contribution in [2.75, 3.05) is 6.61 Å². The van der Waals surface area contributed by atoms with E-state index >= 15 is 0 Å². The molecule has 0 unspecified atom stereocenters. The smallest absolute Gasteiger partial charge is 0.0608 e. The first kappa shape index (κ1) is 19.5. The van der Waals surface area contributed by atoms with E-state index in [-0.39, 0.29) is 6.61 Å². The van der Waals surface area contributed by atoms with Crippen LogP contribution in [0.2, 0.25) is 0 Å². The molecule has 2 nitrogen and oxygen atoms in total. The molecule has 0 amide bonds. The highest BCUT2D eigenvalue weighted by atomic mass is 16.3. The van der Waals surface area contributed by atoms with Crippen molar-refractivity contribution in [1.82, 2.24) is 0 Å². The Bertz CT molecular complexity index is 495. The van der Waals surface area contributed by atoms with Gasteiger partial charge in [-0.3, -0.25) is 0 Å². The van der Waals surface area contributed by atoms with E-state index in [1.807, 2.05) is 6.92 Å². The van der Waals surface area contributed by atoms with Gasteiger partial charge in [0.2, 0.25) is 0 Å². The maximum atomic E-state index is 9.47. The molecule has 0 bridgehead atoms. The van der Waals surface area contributed by atoms with E-state index in [9.17, 15) is 5.11 Å². The molecule has 3 N–H and O–H groups in total. The van der Waals surface area contributed by atoms with Gasteiger partial charge < -0.3 is 10.8 Å². The topological polar surface area (TPSA) is 46.2 Å². The molecule has 0 aromatic heterocycles. The molecular weight excluding hydrogens is 294 g/mol. The lowest BCUT2D eigenvalue weighted by atomic mass is 9.76. The molecule has 0 heterocycles. The van der Waals surface area contributed by atoms with Crippen LogP contribution in [0.3, 0.4) is 0 Å². The molecule has 1 aromatic rings. The molecule has 1 aromatic carbocycles. The largest absolute Gasteiger partial charge is 0.394 e. The van der Waals surface area contributed by atoms with Gasteiger partial charge in [-0.1, -0.05) is 57.2 Å². The summed E-state index contributed by atoms with van der Waals surface area (Å²) in [7, 11) is 0. The first-order valence-electron chi connectivity index (χ1n) is 10.1. The Balaban J connectivity index is 1.90. The van der Waals surface area contributed by atoms with Crippen LogP contribution in [-0.4, -0.2) is 17.3 Å². The zero-order valence-corrected chi connectivity index (χ0v) is 15.8. The number of aryl methyl sites for hydroxylation is 2. The summed E-state index contributed by atoms with van der Waals surface area (Å²) in [6.07, 6.45) is 13.9. The number of aliphatic hydroxyl groups excluding tert-OH is 1. The number of aliphatic hydroxyl groups is 1. The molecule has 136 valence electrons. The Kier molecular flexibility index (Phi) is 7.77. The Labute approximate surface area is 148 Å². The normalized spacial score (nSPS) is 19.8. The molecule has 0 radical (unpaired) electrons. The minimum Gasteiger partial charge on any atom is -0.394 e. The van der Waals surface area contributed by atoms with Crippen LogP contribution in [0.4, 0.5) is 0 Å². The maximum absolute atomic E-state index is 9.47. The molecule has 1 aliphatic rings. The van der Waals surface area contributed by atoms with Crippen molar-refractivity contribution < 1.29 is 5.11 Å². The maximum Gasteiger partial charge on any atom is 0.0608 e. The lowest BCUT2D eigenvalue weighted by Crippen LogP contribution is -2.42. The van der Waals surface area contributed by atoms with Gasteiger partial charge in [-0.15, -0.1) is 0 Å². The van der Waals surface area contributed by atoms with E-state index in [1.54, 1.807) is 0 Å². The monoisotopic (exact) mass is 331 g/mol. The predicted molar refractivity (Wildman–Crippen MR) is 103 cm³/mol. The fraction of sp³-hybridized carbons (Fsp3) is 0.727. The Hall–Kier alpha value is -0.860. The van der Waals surface area contributed by atoms with Gasteiger partial charge in [0.05, 0.1) is 6.61 Å². The van der Waals surface area contributed by atoms with Crippen LogP contribution in [0.5, 0.6) is 0 Å². The Morgan fingerprint density at radius 1 is 1.17 bits per heavy atom. The van der Waals surface area contributed by atoms with Crippen LogP contribution < -0.4 is 5.73 Å². The molecular formula is C22H37NO. The number of nitrogens with two attached hydrogens (primary N) is 1. The second-order valence-corrected chi connectivity index (χ2v) is 8.16. The van der Waals surface area contributed by atoms with Crippen LogP contribution in [-0.2, 0) is 12.8 Å². The first-order chi connectivity index (χ1) is 11.6. The molecule has 2 rings (SSSR count). The van der Waals surface area contributed by atoms with E-state index in [2.05, 4.69) is 25.1 Å². The van der Waals surface area contributed by atoms with Crippen molar-refractivity contribution in [3.05, 3.63) is 34.9 Å². The van der Waals surface area contributed by atoms with Gasteiger partial charge in [0.15, 0.2) is 0 Å². The zero-order chi connectivity index (χ0) is 17.4. The quantitative estimate of drug-likeness (QED) is 0.585. The average molecular weight is 332 g/mol. The molecule has 2 atom stereocenters. The van der Waals surface area contributed by atoms with Gasteiger partial charge in [0.25, 0.3) is 0 Å². The highest BCUT2D eigenvalue weighted by Gasteiger charge is 2.27. The van der Waals surface area contributed by atoms with E-state index in [1.165, 1.54) is 80.9 Å². The summed E-state index contributed by atoms with van der Waals surface area (Å²) in [5.74, 6) is 0.513. The van der Waals surface area contributed by atoms with Crippen molar-refractivity contribution in [2.24, 2.45) is 5.73 Å². The third-order valence-electron chi connectivity index (χ3n) is 5.54. The van der Waals surface area contributed by atoms with E-state index < -0.39 is 5.54 Å². The van der Waals surface area contributed by atoms with Crippen LogP contribution in [0, 0.1) is 0 Å². The van der Waals surface area contributed by atoms with Gasteiger partial charge >= 0.3 is 0 Å². The summed E-state index contributed by atoms with van der Waals surface area (Å²) in [6, 6.07) is 7.12. The van der Waals surface area contributed by atoms with Crippen molar-refractivity contribution in [1.29, 1.82) is 0 Å². The van der Waals surface area contributed by atoms with E-state index in [0.29, 0.717) is 5.92 Å². The first-order valence-corrected chi connectivity index (χ1v) is 10.1. The van der Waals surface area contributed by atoms with Crippen molar-refractivity contribution in [3.8, 4) is 0 Å². The summed E-state index contributed by atoms with van der Waals surface area (Å²) in [4.78, 5) is 0. The van der Waals surface area contributed by atoms with E-state index in [0.717, 1.165) is 6.42 Å². The molecule has 0 aliphatic heterocycles. The second kappa shape index (κ2) is 9.58. The van der Waals surface area contributed by atoms with Crippen LogP contribution in [0.15, 0.2) is 18.2 Å². The third-order valence-corrected chi connectivity index (χ3v) is 5.54. The summed E-state index contributed by atoms with van der Waals surface area (Å²) in [5.41, 5.74) is 10.3. The fourth-order valence-electron chi connectivity index (χ4n) is 4.07. The number of benzene rings is 1. The summed E-state index contributed by atoms with van der Waals surface area (Å²) >= 11 is 0. The molecule has 0 saturated heterocycles. The minimum absolute atomic E-state index is 0.0644. The number of rotatable bonds is 10. The van der Waals surface area contributed by atoms with Gasteiger partial charge in [-0.25, -0.2) is 0 Å². The number of unbranched alkanes of at least 4 members (excludes halogenated alkanes) is 5. The van der Waals surface area contributed by atoms with Gasteiger partial charge in [0, 0.05) is 5.54 Å². The second-order valence-electron chi connectivity index (χ2n) is 8.16. The minimum atomic E-state index is -0.462. The third kappa shape index (κ3) is 5.89. The SMILES string of the molecule is CCCCCCCCc1ccc2c(c1)CCC[C@H]2C[C@@](C)(N)CO. The van der Waals surface area contributed by atoms with Crippen molar-refractivity contribution >= 4 is 0 Å². The predicted octanol–water partition coefficient (Wildman–Crippen LogP) is 5.11. The summed E-state index contributed by atoms with van der Waals surface area (Å²) < 4.78 is 0. The Morgan fingerprint density at radius 3 is 2.67 bits per heavy atom. The average Bonchev–Trinajstić information content (AvgIpc) is 2.58. The number of fused-ring (bicyclic) bond motifs is 1. The standard InChI is InChI=1S/C22H37NO/c1-3-4-5-6-7-8-10-18-13-14-21-19(15-18)11-9-12-20(21)16-22(2,23)17-24/h13-15,20,24H,3-12,16-17,23H2,1-2H3/t20-,22+/m0/s1. The zero-order valence-electron chi connectivity index (χ0n) is 15.8. The van der Waals surface area contributed by atoms with Crippen molar-refractivity contribution in [2.45, 2.75) is 95.9 Å². The molecule has 1 aliphatic carbocycles. The molecule has 24 heavy (non-hydrogen) atoms. The highest BCUT2D eigenvalue weighted by Crippen LogP contribution is 2.37. The lowest BCUT2D eigenvalue weighted by Gasteiger charge is -2.32. The van der Waals surface area contributed by atoms with Crippen molar-refractivity contribution in [3.63, 3.8) is 0 Å². The molecule has 0 saturated carbocycles. The molecule has 0 fully saturated rings. The summed E-state index contributed by atoms with van der Waals surface area (Å²) in [6.45, 7) is 4.30. The summed E-state index contributed by atoms with van der Waals surface area (Å²) in [5, 5.41) is 9.47. The van der Waals surface area contributed by atoms with Gasteiger partial charge in [0.1, 0.15) is 0 Å². The van der Waals surface area contributed by atoms with Gasteiger partial charge in [-0.2, -0.15) is 0 Å². The van der Waals surface area contributed by atoms with Crippen LogP contribution in [0.1, 0.15) is 94.2 Å². The van der Waals surface area contributed by atoms with Crippen LogP contribution >= 0.6 is 0 Å². The number of hydrogen-bond donors (Lipinski definition) is 2. The lowest BCUT2D eigenvalue weighted by molar-refractivity contribution is 0.189. The van der Waals surface area contributed by atoms with E-state index in [4.69, 9.17) is 5.73 Å². The van der Waals surface area contributed by atoms with Crippen LogP contribution in [0.25, 0.3) is 0 Å². The highest BCUT2D eigenvalue weighted by molar-refractivity contribution is 5.37. The number of hydrogen-bond acceptors (Lipinski definition) is 2. The molecule has 2 heteroatoms.